The van der Waals surface area contributed by atoms with Crippen LogP contribution in [0.1, 0.15) is 45.1 Å². The minimum Gasteiger partial charge on any atom is -0.465 e. The van der Waals surface area contributed by atoms with Crippen molar-refractivity contribution in [2.24, 2.45) is 0 Å². The fraction of sp³-hybridized carbons (Fsp3) is 0.333. The number of nitrogens with one attached hydrogen (secondary N) is 1. The Bertz CT molecular complexity index is 841. The molecule has 2 amide bonds. The Morgan fingerprint density at radius 2 is 1.88 bits per heavy atom. The Kier molecular flexibility index (Phi) is 5.20. The topological polar surface area (TPSA) is 62.6 Å². The third-order valence-electron chi connectivity index (χ3n) is 4.27. The van der Waals surface area contributed by atoms with Crippen LogP contribution in [0.5, 0.6) is 0 Å². The van der Waals surface area contributed by atoms with E-state index in [1.807, 2.05) is 0 Å². The number of benzene rings is 1. The Balaban J connectivity index is 1.92. The molecule has 1 N–H and O–H groups in total. The molecule has 132 valence electrons. The average molecular weight is 426 g/mol. The number of nitrogens with zero attached hydrogens (tertiary/aromatic N) is 1. The number of amides is 2. The number of hydrogen-bond donors (Lipinski definition) is 1. The van der Waals surface area contributed by atoms with Crippen LogP contribution >= 0.6 is 27.5 Å². The van der Waals surface area contributed by atoms with Crippen LogP contribution in [-0.4, -0.2) is 29.8 Å². The van der Waals surface area contributed by atoms with E-state index in [1.54, 1.807) is 36.9 Å². The van der Waals surface area contributed by atoms with Crippen molar-refractivity contribution < 1.29 is 14.0 Å². The number of rotatable bonds is 3. The number of halogens is 2. The molecule has 1 fully saturated rings. The predicted octanol–water partition coefficient (Wildman–Crippen LogP) is 4.80. The molecule has 2 heterocycles. The molecule has 2 aromatic rings. The van der Waals surface area contributed by atoms with E-state index < -0.39 is 0 Å². The highest BCUT2D eigenvalue weighted by molar-refractivity contribution is 9.10. The molecule has 1 aliphatic heterocycles. The summed E-state index contributed by atoms with van der Waals surface area (Å²) in [4.78, 5) is 27.2. The summed E-state index contributed by atoms with van der Waals surface area (Å²) in [5, 5.41) is 3.27. The molecule has 0 aliphatic carbocycles. The second-order valence-electron chi connectivity index (χ2n) is 6.05. The van der Waals surface area contributed by atoms with Crippen molar-refractivity contribution in [2.75, 3.05) is 18.4 Å². The lowest BCUT2D eigenvalue weighted by molar-refractivity contribution is 0.0794. The lowest BCUT2D eigenvalue weighted by Gasteiger charge is -2.18. The monoisotopic (exact) mass is 424 g/mol. The van der Waals surface area contributed by atoms with Gasteiger partial charge in [0.15, 0.2) is 0 Å². The van der Waals surface area contributed by atoms with Crippen molar-refractivity contribution >= 4 is 45.0 Å². The van der Waals surface area contributed by atoms with Crippen LogP contribution in [0, 0.1) is 13.8 Å². The molecule has 0 atom stereocenters. The maximum atomic E-state index is 12.8. The molecular formula is C18H18BrClN2O3. The van der Waals surface area contributed by atoms with Crippen LogP contribution in [-0.2, 0) is 0 Å². The van der Waals surface area contributed by atoms with Gasteiger partial charge in [0.2, 0.25) is 0 Å². The van der Waals surface area contributed by atoms with Gasteiger partial charge in [-0.25, -0.2) is 0 Å². The van der Waals surface area contributed by atoms with Gasteiger partial charge in [-0.05, 0) is 60.8 Å². The largest absolute Gasteiger partial charge is 0.465 e. The van der Waals surface area contributed by atoms with Crippen molar-refractivity contribution in [3.8, 4) is 0 Å². The molecule has 1 aliphatic rings. The summed E-state index contributed by atoms with van der Waals surface area (Å²) in [6.45, 7) is 4.96. The van der Waals surface area contributed by atoms with Gasteiger partial charge in [0.05, 0.1) is 21.3 Å². The summed E-state index contributed by atoms with van der Waals surface area (Å²) in [5.41, 5.74) is 1.26. The van der Waals surface area contributed by atoms with Gasteiger partial charge in [-0.1, -0.05) is 11.6 Å². The van der Waals surface area contributed by atoms with E-state index in [0.29, 0.717) is 37.8 Å². The molecule has 0 bridgehead atoms. The van der Waals surface area contributed by atoms with E-state index in [1.165, 1.54) is 0 Å². The molecule has 25 heavy (non-hydrogen) atoms. The maximum Gasteiger partial charge on any atom is 0.260 e. The molecule has 3 rings (SSSR count). The lowest BCUT2D eigenvalue weighted by atomic mass is 10.1. The van der Waals surface area contributed by atoms with E-state index in [9.17, 15) is 9.59 Å². The van der Waals surface area contributed by atoms with Crippen molar-refractivity contribution in [2.45, 2.75) is 26.7 Å². The molecule has 7 heteroatoms. The number of anilines is 1. The summed E-state index contributed by atoms with van der Waals surface area (Å²) in [5.74, 6) is 0.698. The number of furan rings is 1. The zero-order valence-electron chi connectivity index (χ0n) is 14.0. The molecule has 0 unspecified atom stereocenters. The quantitative estimate of drug-likeness (QED) is 0.768. The highest BCUT2D eigenvalue weighted by Crippen LogP contribution is 2.29. The Morgan fingerprint density at radius 1 is 1.20 bits per heavy atom. The summed E-state index contributed by atoms with van der Waals surface area (Å²) in [7, 11) is 0. The molecule has 1 aromatic carbocycles. The fourth-order valence-electron chi connectivity index (χ4n) is 2.99. The number of likely N-dealkylation sites (tertiary alicyclic amines) is 1. The first kappa shape index (κ1) is 18.0. The number of hydrogen-bond acceptors (Lipinski definition) is 3. The van der Waals surface area contributed by atoms with Crippen molar-refractivity contribution in [1.82, 2.24) is 4.90 Å². The SMILES string of the molecule is Cc1oc(C)c(C(=O)Nc2ccc(Cl)cc2C(=O)N2CCCC2)c1Br. The van der Waals surface area contributed by atoms with E-state index in [4.69, 9.17) is 16.0 Å². The van der Waals surface area contributed by atoms with Crippen molar-refractivity contribution in [3.63, 3.8) is 0 Å². The predicted molar refractivity (Wildman–Crippen MR) is 100 cm³/mol. The maximum absolute atomic E-state index is 12.8. The highest BCUT2D eigenvalue weighted by atomic mass is 79.9. The first-order chi connectivity index (χ1) is 11.9. The molecule has 0 spiro atoms. The zero-order chi connectivity index (χ0) is 18.1. The Labute approximate surface area is 159 Å². The Morgan fingerprint density at radius 3 is 2.48 bits per heavy atom. The standard InChI is InChI=1S/C18H18BrClN2O3/c1-10-15(16(19)11(2)25-10)17(23)21-14-6-5-12(20)9-13(14)18(24)22-7-3-4-8-22/h5-6,9H,3-4,7-8H2,1-2H3,(H,21,23). The first-order valence-electron chi connectivity index (χ1n) is 8.04. The van der Waals surface area contributed by atoms with E-state index >= 15 is 0 Å². The highest BCUT2D eigenvalue weighted by Gasteiger charge is 2.25. The number of carbonyl (C=O) groups excluding carboxylic acids is 2. The normalized spacial score (nSPS) is 14.0. The Hall–Kier alpha value is -1.79. The van der Waals surface area contributed by atoms with Crippen LogP contribution in [0.25, 0.3) is 0 Å². The summed E-state index contributed by atoms with van der Waals surface area (Å²) < 4.78 is 6.09. The van der Waals surface area contributed by atoms with Gasteiger partial charge in [0, 0.05) is 18.1 Å². The van der Waals surface area contributed by atoms with Gasteiger partial charge < -0.3 is 14.6 Å². The summed E-state index contributed by atoms with van der Waals surface area (Å²) in [6.07, 6.45) is 1.99. The van der Waals surface area contributed by atoms with E-state index in [2.05, 4.69) is 21.2 Å². The minimum atomic E-state index is -0.334. The van der Waals surface area contributed by atoms with E-state index in [0.717, 1.165) is 25.9 Å². The number of carbonyl (C=O) groups is 2. The van der Waals surface area contributed by atoms with E-state index in [-0.39, 0.29) is 11.8 Å². The fourth-order valence-corrected chi connectivity index (χ4v) is 3.71. The second-order valence-corrected chi connectivity index (χ2v) is 7.28. The molecular weight excluding hydrogens is 408 g/mol. The van der Waals surface area contributed by atoms with Crippen LogP contribution in [0.4, 0.5) is 5.69 Å². The first-order valence-corrected chi connectivity index (χ1v) is 9.21. The third kappa shape index (κ3) is 3.60. The van der Waals surface area contributed by atoms with Crippen LogP contribution in [0.3, 0.4) is 0 Å². The summed E-state index contributed by atoms with van der Waals surface area (Å²) in [6, 6.07) is 4.90. The third-order valence-corrected chi connectivity index (χ3v) is 5.46. The van der Waals surface area contributed by atoms with Gasteiger partial charge in [-0.3, -0.25) is 9.59 Å². The van der Waals surface area contributed by atoms with Crippen molar-refractivity contribution in [3.05, 3.63) is 50.3 Å². The molecule has 0 radical (unpaired) electrons. The van der Waals surface area contributed by atoms with Gasteiger partial charge in [0.1, 0.15) is 11.5 Å². The van der Waals surface area contributed by atoms with Crippen LogP contribution in [0.15, 0.2) is 27.1 Å². The second kappa shape index (κ2) is 7.22. The van der Waals surface area contributed by atoms with Crippen LogP contribution in [0.2, 0.25) is 5.02 Å². The average Bonchev–Trinajstić information content (AvgIpc) is 3.17. The zero-order valence-corrected chi connectivity index (χ0v) is 16.3. The minimum absolute atomic E-state index is 0.116. The molecule has 5 nitrogen and oxygen atoms in total. The van der Waals surface area contributed by atoms with Gasteiger partial charge in [0.25, 0.3) is 11.8 Å². The molecule has 1 aromatic heterocycles. The van der Waals surface area contributed by atoms with Crippen molar-refractivity contribution in [1.29, 1.82) is 0 Å². The molecule has 0 saturated carbocycles. The molecule has 1 saturated heterocycles. The summed E-state index contributed by atoms with van der Waals surface area (Å²) >= 11 is 9.45. The van der Waals surface area contributed by atoms with Gasteiger partial charge in [-0.15, -0.1) is 0 Å². The lowest BCUT2D eigenvalue weighted by Crippen LogP contribution is -2.29. The van der Waals surface area contributed by atoms with Crippen LogP contribution < -0.4 is 5.32 Å². The number of aryl methyl sites for hydroxylation is 2. The van der Waals surface area contributed by atoms with Gasteiger partial charge in [-0.2, -0.15) is 0 Å². The van der Waals surface area contributed by atoms with Gasteiger partial charge >= 0.3 is 0 Å². The smallest absolute Gasteiger partial charge is 0.260 e.